The number of thioether (sulfide) groups is 1. The maximum atomic E-state index is 12.3. The summed E-state index contributed by atoms with van der Waals surface area (Å²) in [5.41, 5.74) is 2.87. The van der Waals surface area contributed by atoms with Crippen LogP contribution in [0.5, 0.6) is 5.75 Å². The predicted octanol–water partition coefficient (Wildman–Crippen LogP) is 5.27. The van der Waals surface area contributed by atoms with E-state index < -0.39 is 0 Å². The van der Waals surface area contributed by atoms with Gasteiger partial charge >= 0.3 is 0 Å². The van der Waals surface area contributed by atoms with Crippen LogP contribution in [0.25, 0.3) is 0 Å². The molecule has 0 radical (unpaired) electrons. The third-order valence-corrected chi connectivity index (χ3v) is 6.42. The zero-order valence-corrected chi connectivity index (χ0v) is 20.2. The molecule has 0 atom stereocenters. The molecule has 1 amide bonds. The monoisotopic (exact) mass is 538 g/mol. The van der Waals surface area contributed by atoms with Gasteiger partial charge in [-0.05, 0) is 59.1 Å². The lowest BCUT2D eigenvalue weighted by Crippen LogP contribution is -2.15. The van der Waals surface area contributed by atoms with Crippen LogP contribution >= 0.6 is 43.6 Å². The second-order valence-corrected chi connectivity index (χ2v) is 9.14. The molecule has 0 spiro atoms. The van der Waals surface area contributed by atoms with Crippen LogP contribution in [0.15, 0.2) is 50.5 Å². The van der Waals surface area contributed by atoms with Gasteiger partial charge in [0.2, 0.25) is 5.91 Å². The van der Waals surface area contributed by atoms with Crippen LogP contribution in [-0.2, 0) is 18.4 Å². The normalized spacial score (nSPS) is 10.8. The van der Waals surface area contributed by atoms with Crippen LogP contribution in [-0.4, -0.2) is 26.4 Å². The third-order valence-electron chi connectivity index (χ3n) is 4.21. The lowest BCUT2D eigenvalue weighted by atomic mass is 10.1. The lowest BCUT2D eigenvalue weighted by Gasteiger charge is -2.11. The number of carbonyl (C=O) groups excluding carboxylic acids is 1. The molecule has 1 aromatic heterocycles. The Hall–Kier alpha value is -1.84. The molecule has 6 nitrogen and oxygen atoms in total. The minimum Gasteiger partial charge on any atom is -0.485 e. The Morgan fingerprint density at radius 2 is 1.90 bits per heavy atom. The highest BCUT2D eigenvalue weighted by Gasteiger charge is 2.14. The quantitative estimate of drug-likeness (QED) is 0.414. The Labute approximate surface area is 190 Å². The van der Waals surface area contributed by atoms with Gasteiger partial charge < -0.3 is 14.6 Å². The number of carbonyl (C=O) groups is 1. The number of halogens is 2. The van der Waals surface area contributed by atoms with E-state index in [-0.39, 0.29) is 11.7 Å². The fraction of sp³-hybridized carbons (Fsp3) is 0.250. The Balaban J connectivity index is 1.58. The van der Waals surface area contributed by atoms with Crippen LogP contribution in [0.1, 0.15) is 17.0 Å². The average molecular weight is 540 g/mol. The number of para-hydroxylation sites is 1. The van der Waals surface area contributed by atoms with Crippen molar-refractivity contribution in [1.82, 2.24) is 14.8 Å². The summed E-state index contributed by atoms with van der Waals surface area (Å²) in [6.07, 6.45) is 0. The number of hydrogen-bond acceptors (Lipinski definition) is 5. The molecule has 0 aliphatic rings. The first-order chi connectivity index (χ1) is 13.8. The molecule has 0 saturated heterocycles. The van der Waals surface area contributed by atoms with Crippen molar-refractivity contribution < 1.29 is 9.53 Å². The standard InChI is InChI=1S/C20H20Br2N4O2S/c1-12-5-4-6-13(2)19(12)28-10-17-24-25-20(26(17)3)29-11-18(27)23-16-9-14(21)7-8-15(16)22/h4-9H,10-11H2,1-3H3,(H,23,27). The highest BCUT2D eigenvalue weighted by molar-refractivity contribution is 9.11. The van der Waals surface area contributed by atoms with Crippen molar-refractivity contribution in [3.8, 4) is 5.75 Å². The zero-order chi connectivity index (χ0) is 21.0. The molecule has 0 aliphatic heterocycles. The maximum Gasteiger partial charge on any atom is 0.234 e. The van der Waals surface area contributed by atoms with Gasteiger partial charge in [0.1, 0.15) is 12.4 Å². The summed E-state index contributed by atoms with van der Waals surface area (Å²) in [5, 5.41) is 11.9. The molecule has 0 unspecified atom stereocenters. The molecule has 9 heteroatoms. The number of hydrogen-bond donors (Lipinski definition) is 1. The first-order valence-electron chi connectivity index (χ1n) is 8.80. The molecule has 0 fully saturated rings. The van der Waals surface area contributed by atoms with Gasteiger partial charge in [0.05, 0.1) is 11.4 Å². The molecule has 29 heavy (non-hydrogen) atoms. The number of aryl methyl sites for hydroxylation is 2. The van der Waals surface area contributed by atoms with Gasteiger partial charge in [0, 0.05) is 16.0 Å². The van der Waals surface area contributed by atoms with Crippen LogP contribution in [0.2, 0.25) is 0 Å². The summed E-state index contributed by atoms with van der Waals surface area (Å²) < 4.78 is 9.52. The number of anilines is 1. The fourth-order valence-electron chi connectivity index (χ4n) is 2.67. The van der Waals surface area contributed by atoms with E-state index in [0.717, 1.165) is 25.8 Å². The third kappa shape index (κ3) is 5.61. The molecule has 152 valence electrons. The van der Waals surface area contributed by atoms with Crippen molar-refractivity contribution in [2.24, 2.45) is 7.05 Å². The van der Waals surface area contributed by atoms with Crippen LogP contribution < -0.4 is 10.1 Å². The predicted molar refractivity (Wildman–Crippen MR) is 122 cm³/mol. The van der Waals surface area contributed by atoms with E-state index >= 15 is 0 Å². The van der Waals surface area contributed by atoms with E-state index in [4.69, 9.17) is 4.74 Å². The van der Waals surface area contributed by atoms with Gasteiger partial charge in [-0.15, -0.1) is 10.2 Å². The van der Waals surface area contributed by atoms with Crippen LogP contribution in [0.3, 0.4) is 0 Å². The molecule has 2 aromatic carbocycles. The van der Waals surface area contributed by atoms with Crippen molar-refractivity contribution in [2.75, 3.05) is 11.1 Å². The summed E-state index contributed by atoms with van der Waals surface area (Å²) in [4.78, 5) is 12.3. The molecule has 1 N–H and O–H groups in total. The van der Waals surface area contributed by atoms with Gasteiger partial charge in [0.25, 0.3) is 0 Å². The molecule has 1 heterocycles. The van der Waals surface area contributed by atoms with Crippen molar-refractivity contribution >= 4 is 55.2 Å². The number of aromatic nitrogens is 3. The second kappa shape index (κ2) is 9.77. The van der Waals surface area contributed by atoms with Crippen LogP contribution in [0.4, 0.5) is 5.69 Å². The van der Waals surface area contributed by atoms with Gasteiger partial charge in [-0.2, -0.15) is 0 Å². The molecular weight excluding hydrogens is 520 g/mol. The molecule has 3 rings (SSSR count). The van der Waals surface area contributed by atoms with Crippen LogP contribution in [0, 0.1) is 13.8 Å². The van der Waals surface area contributed by atoms with E-state index in [1.807, 2.05) is 61.9 Å². The summed E-state index contributed by atoms with van der Waals surface area (Å²) in [6, 6.07) is 11.7. The lowest BCUT2D eigenvalue weighted by molar-refractivity contribution is -0.113. The van der Waals surface area contributed by atoms with E-state index in [1.54, 1.807) is 0 Å². The SMILES string of the molecule is Cc1cccc(C)c1OCc1nnc(SCC(=O)Nc2cc(Br)ccc2Br)n1C. The molecule has 3 aromatic rings. The summed E-state index contributed by atoms with van der Waals surface area (Å²) >= 11 is 8.17. The number of nitrogens with one attached hydrogen (secondary N) is 1. The number of benzene rings is 2. The van der Waals surface area contributed by atoms with Crippen molar-refractivity contribution in [1.29, 1.82) is 0 Å². The highest BCUT2D eigenvalue weighted by atomic mass is 79.9. The average Bonchev–Trinajstić information content (AvgIpc) is 3.02. The summed E-state index contributed by atoms with van der Waals surface area (Å²) in [7, 11) is 1.87. The van der Waals surface area contributed by atoms with Crippen molar-refractivity contribution in [2.45, 2.75) is 25.6 Å². The number of ether oxygens (including phenoxy) is 1. The molecule has 0 saturated carbocycles. The van der Waals surface area contributed by atoms with E-state index in [9.17, 15) is 4.79 Å². The van der Waals surface area contributed by atoms with E-state index in [0.29, 0.717) is 23.3 Å². The number of nitrogens with zero attached hydrogens (tertiary/aromatic N) is 3. The van der Waals surface area contributed by atoms with Crippen molar-refractivity contribution in [3.63, 3.8) is 0 Å². The Morgan fingerprint density at radius 1 is 1.17 bits per heavy atom. The van der Waals surface area contributed by atoms with Gasteiger partial charge in [-0.1, -0.05) is 45.9 Å². The van der Waals surface area contributed by atoms with Gasteiger partial charge in [-0.25, -0.2) is 0 Å². The smallest absolute Gasteiger partial charge is 0.234 e. The number of rotatable bonds is 7. The van der Waals surface area contributed by atoms with E-state index in [1.165, 1.54) is 11.8 Å². The maximum absolute atomic E-state index is 12.3. The van der Waals surface area contributed by atoms with E-state index in [2.05, 4.69) is 47.4 Å². The Morgan fingerprint density at radius 3 is 2.62 bits per heavy atom. The first kappa shape index (κ1) is 21.9. The first-order valence-corrected chi connectivity index (χ1v) is 11.4. The second-order valence-electron chi connectivity index (χ2n) is 6.43. The minimum atomic E-state index is -0.120. The highest BCUT2D eigenvalue weighted by Crippen LogP contribution is 2.27. The fourth-order valence-corrected chi connectivity index (χ4v) is 4.11. The topological polar surface area (TPSA) is 69.0 Å². The zero-order valence-electron chi connectivity index (χ0n) is 16.2. The largest absolute Gasteiger partial charge is 0.485 e. The number of amides is 1. The summed E-state index contributed by atoms with van der Waals surface area (Å²) in [6.45, 7) is 4.35. The Kier molecular flexibility index (Phi) is 7.37. The molecule has 0 aliphatic carbocycles. The Bertz CT molecular complexity index is 1020. The van der Waals surface area contributed by atoms with Gasteiger partial charge in [-0.3, -0.25) is 4.79 Å². The molecule has 0 bridgehead atoms. The molecular formula is C20H20Br2N4O2S. The summed E-state index contributed by atoms with van der Waals surface area (Å²) in [5.74, 6) is 1.67. The van der Waals surface area contributed by atoms with Crippen molar-refractivity contribution in [3.05, 3.63) is 62.3 Å². The minimum absolute atomic E-state index is 0.120. The van der Waals surface area contributed by atoms with Gasteiger partial charge in [0.15, 0.2) is 11.0 Å².